The van der Waals surface area contributed by atoms with Gasteiger partial charge in [0.1, 0.15) is 0 Å². The minimum absolute atomic E-state index is 0. The zero-order chi connectivity index (χ0) is 0. The normalized spacial score (nSPS) is 0. The summed E-state index contributed by atoms with van der Waals surface area (Å²) in [5, 5.41) is 0. The molecule has 0 unspecified atom stereocenters. The molecule has 0 spiro atoms. The molecule has 0 heterocycles. The Labute approximate surface area is 65.3 Å². The Morgan fingerprint density at radius 3 is 0.800 bits per heavy atom. The van der Waals surface area contributed by atoms with Gasteiger partial charge < -0.3 is 12.4 Å². The third-order valence-electron chi connectivity index (χ3n) is 0. The van der Waals surface area contributed by atoms with E-state index in [9.17, 15) is 0 Å². The summed E-state index contributed by atoms with van der Waals surface area (Å²) in [6, 6.07) is 0. The third-order valence-corrected chi connectivity index (χ3v) is 0. The smallest absolute Gasteiger partial charge is 1.00 e. The van der Waals surface area contributed by atoms with E-state index in [1.807, 2.05) is 0 Å². The summed E-state index contributed by atoms with van der Waals surface area (Å²) in [6.45, 7) is 0. The second-order valence-corrected chi connectivity index (χ2v) is 0. The largest absolute Gasteiger partial charge is 1.00 e. The summed E-state index contributed by atoms with van der Waals surface area (Å²) in [5.41, 5.74) is 0. The maximum absolute atomic E-state index is 0. The van der Waals surface area contributed by atoms with E-state index in [4.69, 9.17) is 0 Å². The van der Waals surface area contributed by atoms with Gasteiger partial charge in [-0.1, -0.05) is 0 Å². The third kappa shape index (κ3) is 29.0. The van der Waals surface area contributed by atoms with Crippen LogP contribution in [0.15, 0.2) is 0 Å². The van der Waals surface area contributed by atoms with Crippen LogP contribution in [0, 0.1) is 0 Å². The van der Waals surface area contributed by atoms with Crippen LogP contribution < -0.4 is 18.9 Å². The Hall–Kier alpha value is 1.56. The van der Waals surface area contributed by atoms with Crippen LogP contribution in [0.25, 0.3) is 0 Å². The quantitative estimate of drug-likeness (QED) is 0.315. The molecule has 0 rings (SSSR count). The van der Waals surface area contributed by atoms with Crippen LogP contribution in [0.5, 0.6) is 0 Å². The van der Waals surface area contributed by atoms with Crippen LogP contribution in [0.1, 0.15) is 1.43 Å². The molecule has 32 valence electrons. The van der Waals surface area contributed by atoms with E-state index in [-0.39, 0.29) is 65.4 Å². The average Bonchev–Trinajstić information content (AvgIpc) is 0. The molecule has 0 aromatic carbocycles. The maximum Gasteiger partial charge on any atom is 1.00 e. The zero-order valence-corrected chi connectivity index (χ0v) is 5.12. The molecule has 0 aromatic heterocycles. The Balaban J connectivity index is 0. The molecule has 2 radical (unpaired) electrons. The van der Waals surface area contributed by atoms with Gasteiger partial charge in [-0.25, -0.2) is 0 Å². The fourth-order valence-electron chi connectivity index (χ4n) is 0. The summed E-state index contributed by atoms with van der Waals surface area (Å²) < 4.78 is 0. The van der Waals surface area contributed by atoms with Gasteiger partial charge in [0, 0.05) is 34.1 Å². The molecule has 0 amide bonds. The van der Waals surface area contributed by atoms with Crippen molar-refractivity contribution in [2.24, 2.45) is 0 Å². The van der Waals surface area contributed by atoms with Crippen molar-refractivity contribution < 1.29 is 65.4 Å². The molecule has 2 nitrogen and oxygen atoms in total. The number of hydrogen-bond acceptors (Lipinski definition) is 0. The first-order valence-corrected chi connectivity index (χ1v) is 0. The van der Waals surface area contributed by atoms with E-state index in [0.29, 0.717) is 0 Å². The molecule has 0 aliphatic heterocycles. The molecule has 4 N–H and O–H groups in total. The molecular formula is H5LiMn2O2. The Kier molecular flexibility index (Phi) is 796. The van der Waals surface area contributed by atoms with Gasteiger partial charge in [-0.15, -0.1) is 0 Å². The molecule has 5 heavy (non-hydrogen) atoms. The summed E-state index contributed by atoms with van der Waals surface area (Å²) in [6.07, 6.45) is 0. The molecule has 0 atom stereocenters. The van der Waals surface area contributed by atoms with Crippen LogP contribution in [-0.4, -0.2) is 11.0 Å². The summed E-state index contributed by atoms with van der Waals surface area (Å²) in [7, 11) is 0. The number of rotatable bonds is 0. The van der Waals surface area contributed by atoms with Crippen molar-refractivity contribution in [3.05, 3.63) is 0 Å². The fraction of sp³-hybridized carbons (Fsp3) is 0. The Morgan fingerprint density at radius 2 is 0.800 bits per heavy atom. The van der Waals surface area contributed by atoms with Crippen molar-refractivity contribution in [3.8, 4) is 0 Å². The van der Waals surface area contributed by atoms with Crippen molar-refractivity contribution >= 4 is 0 Å². The van der Waals surface area contributed by atoms with Gasteiger partial charge in [0.2, 0.25) is 0 Å². The van der Waals surface area contributed by atoms with Crippen molar-refractivity contribution in [1.29, 1.82) is 0 Å². The van der Waals surface area contributed by atoms with Crippen LogP contribution in [0.3, 0.4) is 0 Å². The molecular weight excluding hydrogens is 149 g/mol. The number of hydrogen-bond donors (Lipinski definition) is 0. The molecule has 0 aromatic rings. The summed E-state index contributed by atoms with van der Waals surface area (Å²) in [5.74, 6) is 0. The summed E-state index contributed by atoms with van der Waals surface area (Å²) >= 11 is 0. The maximum atomic E-state index is 0. The predicted octanol–water partition coefficient (Wildman–Crippen LogP) is -4.54. The van der Waals surface area contributed by atoms with Gasteiger partial charge in [0.25, 0.3) is 0 Å². The van der Waals surface area contributed by atoms with Crippen LogP contribution >= 0.6 is 0 Å². The second-order valence-electron chi connectivity index (χ2n) is 0. The van der Waals surface area contributed by atoms with E-state index >= 15 is 0 Å². The molecule has 0 aliphatic rings. The van der Waals surface area contributed by atoms with Crippen LogP contribution in [0.2, 0.25) is 0 Å². The van der Waals surface area contributed by atoms with Crippen molar-refractivity contribution in [1.82, 2.24) is 0 Å². The van der Waals surface area contributed by atoms with Gasteiger partial charge >= 0.3 is 18.9 Å². The standard InChI is InChI=1S/Li.2Mn.2H2O.H/h;;;2*1H2;/q+1;;;;;-1. The van der Waals surface area contributed by atoms with Gasteiger partial charge in [0.05, 0.1) is 0 Å². The Bertz CT molecular complexity index is 11.5. The molecule has 5 heteroatoms. The molecule has 0 saturated carbocycles. The molecule has 0 fully saturated rings. The first kappa shape index (κ1) is 83.6. The molecule has 0 saturated heterocycles. The fourth-order valence-corrected chi connectivity index (χ4v) is 0. The summed E-state index contributed by atoms with van der Waals surface area (Å²) in [4.78, 5) is 0. The van der Waals surface area contributed by atoms with Crippen LogP contribution in [0.4, 0.5) is 0 Å². The average molecular weight is 154 g/mol. The van der Waals surface area contributed by atoms with E-state index in [0.717, 1.165) is 0 Å². The van der Waals surface area contributed by atoms with Crippen molar-refractivity contribution in [2.75, 3.05) is 0 Å². The topological polar surface area (TPSA) is 63.0 Å². The zero-order valence-electron chi connectivity index (χ0n) is 3.76. The minimum Gasteiger partial charge on any atom is -1.00 e. The first-order chi connectivity index (χ1) is 0. The van der Waals surface area contributed by atoms with Gasteiger partial charge in [-0.3, -0.25) is 0 Å². The first-order valence-electron chi connectivity index (χ1n) is 0. The van der Waals surface area contributed by atoms with E-state index < -0.39 is 0 Å². The van der Waals surface area contributed by atoms with Gasteiger partial charge in [-0.2, -0.15) is 0 Å². The molecule has 0 aliphatic carbocycles. The predicted molar refractivity (Wildman–Crippen MR) is 8.34 cm³/mol. The SMILES string of the molecule is O.O.[H-].[Li+].[Mn].[Mn]. The van der Waals surface area contributed by atoms with E-state index in [1.54, 1.807) is 0 Å². The van der Waals surface area contributed by atoms with Gasteiger partial charge in [-0.05, 0) is 0 Å². The minimum atomic E-state index is 0. The van der Waals surface area contributed by atoms with E-state index in [2.05, 4.69) is 0 Å². The Morgan fingerprint density at radius 1 is 0.800 bits per heavy atom. The van der Waals surface area contributed by atoms with Crippen molar-refractivity contribution in [2.45, 2.75) is 0 Å². The van der Waals surface area contributed by atoms with Crippen LogP contribution in [-0.2, 0) is 34.1 Å². The van der Waals surface area contributed by atoms with Crippen molar-refractivity contribution in [3.63, 3.8) is 0 Å². The van der Waals surface area contributed by atoms with E-state index in [1.165, 1.54) is 0 Å². The van der Waals surface area contributed by atoms with Gasteiger partial charge in [0.15, 0.2) is 0 Å². The monoisotopic (exact) mass is 154 g/mol. The second kappa shape index (κ2) is 47.6. The molecule has 0 bridgehead atoms.